The highest BCUT2D eigenvalue weighted by Crippen LogP contribution is 2.17. The van der Waals surface area contributed by atoms with Crippen molar-refractivity contribution in [3.05, 3.63) is 62.6 Å². The van der Waals surface area contributed by atoms with Crippen molar-refractivity contribution in [3.63, 3.8) is 0 Å². The Bertz CT molecular complexity index is 987. The van der Waals surface area contributed by atoms with E-state index in [-0.39, 0.29) is 5.69 Å². The predicted molar refractivity (Wildman–Crippen MR) is 99.5 cm³/mol. The normalized spacial score (nSPS) is 14.1. The van der Waals surface area contributed by atoms with Crippen molar-refractivity contribution in [1.29, 1.82) is 0 Å². The van der Waals surface area contributed by atoms with Crippen LogP contribution in [0.5, 0.6) is 0 Å². The molecule has 4 rings (SSSR count). The molecular formula is C18H17N5O2S. The third-order valence-electron chi connectivity index (χ3n) is 4.02. The van der Waals surface area contributed by atoms with E-state index in [9.17, 15) is 4.79 Å². The maximum Gasteiger partial charge on any atom is 0.343 e. The standard InChI is InChI=1S/C18H17N5O2S/c24-18-21-20-13-23(18)12-16-5-4-15(26-16)3-1-14-2-6-17(19-11-14)22-7-9-25-10-8-22/h2,4-6,11,13H,7-10,12H2,(H,21,24). The van der Waals surface area contributed by atoms with Crippen LogP contribution >= 0.6 is 11.3 Å². The summed E-state index contributed by atoms with van der Waals surface area (Å²) in [5, 5.41) is 6.11. The van der Waals surface area contributed by atoms with E-state index in [0.717, 1.165) is 47.4 Å². The first-order chi connectivity index (χ1) is 12.8. The lowest BCUT2D eigenvalue weighted by Gasteiger charge is -2.27. The molecule has 1 aliphatic rings. The topological polar surface area (TPSA) is 76.0 Å². The average Bonchev–Trinajstić information content (AvgIpc) is 3.31. The van der Waals surface area contributed by atoms with Crippen molar-refractivity contribution in [2.75, 3.05) is 31.2 Å². The van der Waals surface area contributed by atoms with Gasteiger partial charge in [-0.1, -0.05) is 11.8 Å². The van der Waals surface area contributed by atoms with Crippen LogP contribution in [-0.2, 0) is 11.3 Å². The van der Waals surface area contributed by atoms with E-state index < -0.39 is 0 Å². The van der Waals surface area contributed by atoms with E-state index in [1.807, 2.05) is 24.3 Å². The van der Waals surface area contributed by atoms with Crippen molar-refractivity contribution in [2.45, 2.75) is 6.54 Å². The number of anilines is 1. The van der Waals surface area contributed by atoms with E-state index in [0.29, 0.717) is 6.54 Å². The Morgan fingerprint density at radius 1 is 1.19 bits per heavy atom. The fraction of sp³-hybridized carbons (Fsp3) is 0.278. The third kappa shape index (κ3) is 3.85. The molecule has 7 nitrogen and oxygen atoms in total. The zero-order chi connectivity index (χ0) is 17.8. The van der Waals surface area contributed by atoms with E-state index in [1.165, 1.54) is 10.9 Å². The molecule has 1 fully saturated rings. The molecule has 3 aromatic heterocycles. The van der Waals surface area contributed by atoms with Crippen LogP contribution in [0.15, 0.2) is 41.6 Å². The maximum absolute atomic E-state index is 11.5. The van der Waals surface area contributed by atoms with Gasteiger partial charge in [0, 0.05) is 29.7 Å². The first-order valence-electron chi connectivity index (χ1n) is 8.27. The Kier molecular flexibility index (Phi) is 4.82. The predicted octanol–water partition coefficient (Wildman–Crippen LogP) is 1.31. The molecule has 4 heterocycles. The third-order valence-corrected chi connectivity index (χ3v) is 5.00. The van der Waals surface area contributed by atoms with Gasteiger partial charge < -0.3 is 9.64 Å². The van der Waals surface area contributed by atoms with Gasteiger partial charge in [-0.05, 0) is 24.3 Å². The molecule has 1 saturated heterocycles. The Balaban J connectivity index is 1.42. The van der Waals surface area contributed by atoms with Gasteiger partial charge in [-0.2, -0.15) is 5.10 Å². The van der Waals surface area contributed by atoms with Crippen LogP contribution in [0.25, 0.3) is 0 Å². The lowest BCUT2D eigenvalue weighted by Crippen LogP contribution is -2.36. The summed E-state index contributed by atoms with van der Waals surface area (Å²) in [4.78, 5) is 20.2. The second-order valence-corrected chi connectivity index (χ2v) is 6.98. The first-order valence-corrected chi connectivity index (χ1v) is 9.09. The van der Waals surface area contributed by atoms with Crippen LogP contribution in [0, 0.1) is 11.8 Å². The summed E-state index contributed by atoms with van der Waals surface area (Å²) in [5.41, 5.74) is 0.667. The average molecular weight is 367 g/mol. The molecule has 3 aromatic rings. The second-order valence-electron chi connectivity index (χ2n) is 5.81. The van der Waals surface area contributed by atoms with Gasteiger partial charge in [-0.3, -0.25) is 4.57 Å². The van der Waals surface area contributed by atoms with Crippen molar-refractivity contribution in [3.8, 4) is 11.8 Å². The molecule has 0 atom stereocenters. The van der Waals surface area contributed by atoms with Crippen LogP contribution in [0.3, 0.4) is 0 Å². The molecular weight excluding hydrogens is 350 g/mol. The lowest BCUT2D eigenvalue weighted by molar-refractivity contribution is 0.122. The summed E-state index contributed by atoms with van der Waals surface area (Å²) >= 11 is 1.57. The van der Waals surface area contributed by atoms with Crippen molar-refractivity contribution in [2.24, 2.45) is 0 Å². The van der Waals surface area contributed by atoms with Crippen LogP contribution in [0.1, 0.15) is 15.3 Å². The van der Waals surface area contributed by atoms with Crippen molar-refractivity contribution < 1.29 is 4.74 Å². The van der Waals surface area contributed by atoms with Gasteiger partial charge in [0.25, 0.3) is 0 Å². The van der Waals surface area contributed by atoms with Crippen molar-refractivity contribution >= 4 is 17.2 Å². The largest absolute Gasteiger partial charge is 0.378 e. The van der Waals surface area contributed by atoms with Gasteiger partial charge in [0.1, 0.15) is 12.1 Å². The van der Waals surface area contributed by atoms with Gasteiger partial charge in [-0.15, -0.1) is 11.3 Å². The molecule has 0 spiro atoms. The highest BCUT2D eigenvalue weighted by atomic mass is 32.1. The minimum atomic E-state index is -0.211. The minimum absolute atomic E-state index is 0.211. The van der Waals surface area contributed by atoms with E-state index in [2.05, 4.69) is 31.9 Å². The summed E-state index contributed by atoms with van der Waals surface area (Å²) in [5.74, 6) is 7.26. The minimum Gasteiger partial charge on any atom is -0.378 e. The Hall–Kier alpha value is -2.89. The number of rotatable bonds is 3. The second kappa shape index (κ2) is 7.56. The highest BCUT2D eigenvalue weighted by molar-refractivity contribution is 7.12. The number of ether oxygens (including phenoxy) is 1. The zero-order valence-corrected chi connectivity index (χ0v) is 14.8. The number of thiophene rings is 1. The summed E-state index contributed by atoms with van der Waals surface area (Å²) in [6.07, 6.45) is 3.30. The van der Waals surface area contributed by atoms with Crippen LogP contribution < -0.4 is 10.6 Å². The van der Waals surface area contributed by atoms with Crippen molar-refractivity contribution in [1.82, 2.24) is 19.7 Å². The summed E-state index contributed by atoms with van der Waals surface area (Å²) < 4.78 is 6.88. The molecule has 132 valence electrons. The summed E-state index contributed by atoms with van der Waals surface area (Å²) in [6.45, 7) is 3.73. The fourth-order valence-electron chi connectivity index (χ4n) is 2.65. The zero-order valence-electron chi connectivity index (χ0n) is 14.0. The van der Waals surface area contributed by atoms with Gasteiger partial charge in [0.05, 0.1) is 24.6 Å². The molecule has 0 aromatic carbocycles. The number of nitrogens with zero attached hydrogens (tertiary/aromatic N) is 4. The quantitative estimate of drug-likeness (QED) is 0.707. The van der Waals surface area contributed by atoms with E-state index in [4.69, 9.17) is 4.74 Å². The first kappa shape index (κ1) is 16.6. The molecule has 0 aliphatic carbocycles. The number of nitrogens with one attached hydrogen (secondary N) is 1. The Morgan fingerprint density at radius 3 is 2.81 bits per heavy atom. The molecule has 0 bridgehead atoms. The molecule has 8 heteroatoms. The number of morpholine rings is 1. The van der Waals surface area contributed by atoms with Gasteiger partial charge >= 0.3 is 5.69 Å². The Morgan fingerprint density at radius 2 is 2.08 bits per heavy atom. The van der Waals surface area contributed by atoms with Crippen LogP contribution in [0.4, 0.5) is 5.82 Å². The molecule has 0 unspecified atom stereocenters. The molecule has 1 N–H and O–H groups in total. The van der Waals surface area contributed by atoms with Gasteiger partial charge in [0.2, 0.25) is 0 Å². The molecule has 1 aliphatic heterocycles. The fourth-order valence-corrected chi connectivity index (χ4v) is 3.51. The highest BCUT2D eigenvalue weighted by Gasteiger charge is 2.11. The molecule has 0 radical (unpaired) electrons. The van der Waals surface area contributed by atoms with E-state index >= 15 is 0 Å². The maximum atomic E-state index is 11.5. The Labute approximate surface area is 154 Å². The van der Waals surface area contributed by atoms with Crippen LogP contribution in [-0.4, -0.2) is 46.1 Å². The number of hydrogen-bond donors (Lipinski definition) is 1. The van der Waals surface area contributed by atoms with E-state index in [1.54, 1.807) is 17.5 Å². The number of H-pyrrole nitrogens is 1. The lowest BCUT2D eigenvalue weighted by atomic mass is 10.2. The molecule has 0 saturated carbocycles. The number of hydrogen-bond acceptors (Lipinski definition) is 6. The number of aromatic amines is 1. The molecule has 0 amide bonds. The number of aromatic nitrogens is 4. The number of pyridine rings is 1. The molecule has 26 heavy (non-hydrogen) atoms. The summed E-state index contributed by atoms with van der Waals surface area (Å²) in [6, 6.07) is 7.94. The van der Waals surface area contributed by atoms with Gasteiger partial charge in [0.15, 0.2) is 0 Å². The monoisotopic (exact) mass is 367 g/mol. The SMILES string of the molecule is O=c1[nH]ncn1Cc1ccc(C#Cc2ccc(N3CCOCC3)nc2)s1. The van der Waals surface area contributed by atoms with Crippen LogP contribution in [0.2, 0.25) is 0 Å². The smallest absolute Gasteiger partial charge is 0.343 e. The summed E-state index contributed by atoms with van der Waals surface area (Å²) in [7, 11) is 0. The van der Waals surface area contributed by atoms with Gasteiger partial charge in [-0.25, -0.2) is 14.9 Å².